The zero-order valence-corrected chi connectivity index (χ0v) is 17.6. The molecule has 1 fully saturated rings. The van der Waals surface area contributed by atoms with Gasteiger partial charge in [-0.2, -0.15) is 5.10 Å². The van der Waals surface area contributed by atoms with Crippen LogP contribution in [0.5, 0.6) is 0 Å². The Bertz CT molecular complexity index is 1190. The van der Waals surface area contributed by atoms with Crippen LogP contribution in [0.15, 0.2) is 60.2 Å². The number of ether oxygens (including phenoxy) is 1. The number of carbonyl (C=O) groups excluding carboxylic acids is 1. The molecule has 0 bridgehead atoms. The topological polar surface area (TPSA) is 89.3 Å². The van der Waals surface area contributed by atoms with Gasteiger partial charge in [0.25, 0.3) is 5.91 Å². The molecule has 1 amide bonds. The van der Waals surface area contributed by atoms with Crippen molar-refractivity contribution in [1.29, 1.82) is 0 Å². The fourth-order valence-electron chi connectivity index (χ4n) is 3.82. The zero-order valence-electron chi connectivity index (χ0n) is 16.8. The summed E-state index contributed by atoms with van der Waals surface area (Å²) in [5.41, 5.74) is 3.56. The van der Waals surface area contributed by atoms with Crippen molar-refractivity contribution in [3.05, 3.63) is 77.1 Å². The van der Waals surface area contributed by atoms with Gasteiger partial charge in [0.1, 0.15) is 10.5 Å². The number of aliphatic hydroxyl groups is 1. The van der Waals surface area contributed by atoms with Gasteiger partial charge < -0.3 is 15.2 Å². The van der Waals surface area contributed by atoms with E-state index in [0.717, 1.165) is 27.0 Å². The minimum Gasteiger partial charge on any atom is -0.389 e. The maximum Gasteiger partial charge on any atom is 0.270 e. The average Bonchev–Trinajstić information content (AvgIpc) is 3.48. The van der Waals surface area contributed by atoms with Gasteiger partial charge in [0, 0.05) is 24.4 Å². The molecule has 2 N–H and O–H groups in total. The summed E-state index contributed by atoms with van der Waals surface area (Å²) in [5.74, 6) is -0.267. The second-order valence-corrected chi connectivity index (χ2v) is 8.51. The molecule has 2 atom stereocenters. The van der Waals surface area contributed by atoms with Crippen molar-refractivity contribution in [3.8, 4) is 5.69 Å². The monoisotopic (exact) mass is 434 g/mol. The van der Waals surface area contributed by atoms with E-state index in [-0.39, 0.29) is 18.6 Å². The summed E-state index contributed by atoms with van der Waals surface area (Å²) in [4.78, 5) is 18.3. The van der Waals surface area contributed by atoms with Crippen molar-refractivity contribution < 1.29 is 14.6 Å². The maximum atomic E-state index is 12.9. The Balaban J connectivity index is 1.39. The lowest BCUT2D eigenvalue weighted by Crippen LogP contribution is -2.48. The van der Waals surface area contributed by atoms with Crippen LogP contribution in [-0.4, -0.2) is 51.1 Å². The molecule has 0 aliphatic carbocycles. The lowest BCUT2D eigenvalue weighted by atomic mass is 10.0. The normalized spacial score (nSPS) is 18.9. The van der Waals surface area contributed by atoms with Gasteiger partial charge >= 0.3 is 0 Å². The van der Waals surface area contributed by atoms with Gasteiger partial charge in [0.2, 0.25) is 0 Å². The fraction of sp³-hybridized carbons (Fsp3) is 0.261. The number of hydrogen-bond acceptors (Lipinski definition) is 6. The number of hydrogen-bond donors (Lipinski definition) is 2. The van der Waals surface area contributed by atoms with Gasteiger partial charge in [0.15, 0.2) is 0 Å². The number of aliphatic hydroxyl groups excluding tert-OH is 1. The average molecular weight is 435 g/mol. The highest BCUT2D eigenvalue weighted by molar-refractivity contribution is 7.16. The lowest BCUT2D eigenvalue weighted by molar-refractivity contribution is -0.0261. The zero-order chi connectivity index (χ0) is 21.2. The predicted molar refractivity (Wildman–Crippen MR) is 119 cm³/mol. The Morgan fingerprint density at radius 3 is 2.94 bits per heavy atom. The Labute approximate surface area is 183 Å². The Kier molecular flexibility index (Phi) is 5.50. The maximum absolute atomic E-state index is 12.9. The summed E-state index contributed by atoms with van der Waals surface area (Å²) in [6.07, 6.45) is 4.24. The van der Waals surface area contributed by atoms with Crippen molar-refractivity contribution in [3.63, 3.8) is 0 Å². The molecule has 1 aromatic carbocycles. The van der Waals surface area contributed by atoms with Crippen molar-refractivity contribution in [2.45, 2.75) is 25.0 Å². The molecule has 0 saturated carbocycles. The van der Waals surface area contributed by atoms with E-state index in [9.17, 15) is 9.90 Å². The third-order valence-corrected chi connectivity index (χ3v) is 6.31. The smallest absolute Gasteiger partial charge is 0.270 e. The number of amides is 1. The number of pyridine rings is 1. The van der Waals surface area contributed by atoms with E-state index in [2.05, 4.69) is 27.5 Å². The predicted octanol–water partition coefficient (Wildman–Crippen LogP) is 2.95. The van der Waals surface area contributed by atoms with E-state index in [1.54, 1.807) is 6.20 Å². The second kappa shape index (κ2) is 8.58. The molecule has 4 aromatic rings. The molecule has 0 radical (unpaired) electrons. The Morgan fingerprint density at radius 1 is 1.29 bits per heavy atom. The van der Waals surface area contributed by atoms with Crippen LogP contribution in [0, 0.1) is 0 Å². The van der Waals surface area contributed by atoms with Crippen LogP contribution < -0.4 is 5.32 Å². The van der Waals surface area contributed by atoms with E-state index in [1.807, 2.05) is 46.6 Å². The van der Waals surface area contributed by atoms with E-state index in [1.165, 1.54) is 11.3 Å². The molecule has 31 heavy (non-hydrogen) atoms. The van der Waals surface area contributed by atoms with Crippen molar-refractivity contribution >= 4 is 27.5 Å². The van der Waals surface area contributed by atoms with Crippen LogP contribution in [0.1, 0.15) is 28.0 Å². The molecule has 4 heterocycles. The van der Waals surface area contributed by atoms with Gasteiger partial charge in [-0.15, -0.1) is 11.3 Å². The number of benzene rings is 1. The highest BCUT2D eigenvalue weighted by Gasteiger charge is 2.26. The third-order valence-electron chi connectivity index (χ3n) is 5.50. The number of nitrogens with zero attached hydrogens (tertiary/aromatic N) is 3. The summed E-state index contributed by atoms with van der Waals surface area (Å²) < 4.78 is 7.06. The molecular formula is C23H22N4O3S. The SMILES string of the molecule is O=C(N[C@H]1CCOC[C@@H]1O)c1cc(Cc2ccc(-n3cccn3)cc2)c2ccsc2n1. The number of aromatic nitrogens is 3. The first-order valence-electron chi connectivity index (χ1n) is 10.2. The molecular weight excluding hydrogens is 412 g/mol. The van der Waals surface area contributed by atoms with Crippen LogP contribution in [0.2, 0.25) is 0 Å². The van der Waals surface area contributed by atoms with Crippen molar-refractivity contribution in [1.82, 2.24) is 20.1 Å². The minimum atomic E-state index is -0.698. The largest absolute Gasteiger partial charge is 0.389 e. The van der Waals surface area contributed by atoms with Gasteiger partial charge in [-0.05, 0) is 59.7 Å². The number of thiophene rings is 1. The van der Waals surface area contributed by atoms with Crippen molar-refractivity contribution in [2.24, 2.45) is 0 Å². The van der Waals surface area contributed by atoms with Gasteiger partial charge in [0.05, 0.1) is 24.4 Å². The standard InChI is InChI=1S/C23H22N4O3S/c28-21-14-30-10-6-19(21)25-22(29)20-13-16(18-7-11-31-23(18)26-20)12-15-2-4-17(5-3-15)27-9-1-8-24-27/h1-5,7-9,11,13,19,21,28H,6,10,12,14H2,(H,25,29)/t19-,21-/m0/s1. The highest BCUT2D eigenvalue weighted by Crippen LogP contribution is 2.26. The molecule has 8 heteroatoms. The lowest BCUT2D eigenvalue weighted by Gasteiger charge is -2.28. The molecule has 3 aromatic heterocycles. The molecule has 1 aliphatic heterocycles. The first-order valence-corrected chi connectivity index (χ1v) is 11.1. The first-order chi connectivity index (χ1) is 15.2. The molecule has 5 rings (SSSR count). The molecule has 7 nitrogen and oxygen atoms in total. The van der Waals surface area contributed by atoms with Crippen LogP contribution in [0.3, 0.4) is 0 Å². The number of nitrogens with one attached hydrogen (secondary N) is 1. The molecule has 1 aliphatic rings. The summed E-state index contributed by atoms with van der Waals surface area (Å²) in [6, 6.07) is 13.7. The Hall–Kier alpha value is -3.07. The third kappa shape index (κ3) is 4.23. The van der Waals surface area contributed by atoms with E-state index >= 15 is 0 Å². The summed E-state index contributed by atoms with van der Waals surface area (Å²) in [7, 11) is 0. The Morgan fingerprint density at radius 2 is 2.16 bits per heavy atom. The van der Waals surface area contributed by atoms with Crippen LogP contribution in [0.25, 0.3) is 15.9 Å². The van der Waals surface area contributed by atoms with Gasteiger partial charge in [-0.1, -0.05) is 12.1 Å². The van der Waals surface area contributed by atoms with Crippen LogP contribution >= 0.6 is 11.3 Å². The first kappa shape index (κ1) is 19.9. The van der Waals surface area contributed by atoms with Crippen LogP contribution in [-0.2, 0) is 11.2 Å². The summed E-state index contributed by atoms with van der Waals surface area (Å²) in [5, 5.41) is 20.3. The van der Waals surface area contributed by atoms with E-state index in [0.29, 0.717) is 25.1 Å². The van der Waals surface area contributed by atoms with Crippen molar-refractivity contribution in [2.75, 3.05) is 13.2 Å². The summed E-state index contributed by atoms with van der Waals surface area (Å²) in [6.45, 7) is 0.765. The summed E-state index contributed by atoms with van der Waals surface area (Å²) >= 11 is 1.52. The number of fused-ring (bicyclic) bond motifs is 1. The van der Waals surface area contributed by atoms with E-state index < -0.39 is 6.10 Å². The van der Waals surface area contributed by atoms with Gasteiger partial charge in [-0.25, -0.2) is 9.67 Å². The number of carbonyl (C=O) groups is 1. The highest BCUT2D eigenvalue weighted by atomic mass is 32.1. The second-order valence-electron chi connectivity index (χ2n) is 7.61. The molecule has 0 spiro atoms. The molecule has 0 unspecified atom stereocenters. The molecule has 1 saturated heterocycles. The number of rotatable bonds is 5. The quantitative estimate of drug-likeness (QED) is 0.504. The van der Waals surface area contributed by atoms with Crippen LogP contribution in [0.4, 0.5) is 0 Å². The van der Waals surface area contributed by atoms with E-state index in [4.69, 9.17) is 4.74 Å². The minimum absolute atomic E-state index is 0.238. The fourth-order valence-corrected chi connectivity index (χ4v) is 4.63. The van der Waals surface area contributed by atoms with Gasteiger partial charge in [-0.3, -0.25) is 4.79 Å². The molecule has 158 valence electrons.